The molecule has 0 saturated heterocycles. The molecule has 0 atom stereocenters. The maximum absolute atomic E-state index is 11.3. The van der Waals surface area contributed by atoms with Crippen LogP contribution in [0.2, 0.25) is 0 Å². The molecule has 94 valence electrons. The molecule has 1 aromatic carbocycles. The number of ether oxygens (including phenoxy) is 1. The average Bonchev–Trinajstić information content (AvgIpc) is 2.70. The van der Waals surface area contributed by atoms with Gasteiger partial charge in [-0.1, -0.05) is 12.1 Å². The minimum Gasteiger partial charge on any atom is -0.465 e. The molecule has 0 radical (unpaired) electrons. The Morgan fingerprint density at radius 1 is 1.28 bits per heavy atom. The number of esters is 1. The van der Waals surface area contributed by atoms with E-state index in [1.807, 2.05) is 26.0 Å². The van der Waals surface area contributed by atoms with Crippen molar-refractivity contribution >= 4 is 5.97 Å². The maximum Gasteiger partial charge on any atom is 0.337 e. The van der Waals surface area contributed by atoms with E-state index in [0.29, 0.717) is 5.56 Å². The number of aromatic amines is 1. The highest BCUT2D eigenvalue weighted by Gasteiger charge is 2.08. The number of carbonyl (C=O) groups is 1. The number of hydrogen-bond donors (Lipinski definition) is 1. The Morgan fingerprint density at radius 3 is 2.44 bits per heavy atom. The van der Waals surface area contributed by atoms with E-state index < -0.39 is 0 Å². The van der Waals surface area contributed by atoms with E-state index >= 15 is 0 Å². The smallest absolute Gasteiger partial charge is 0.337 e. The highest BCUT2D eigenvalue weighted by Crippen LogP contribution is 2.16. The van der Waals surface area contributed by atoms with Gasteiger partial charge in [0.1, 0.15) is 0 Å². The molecule has 18 heavy (non-hydrogen) atoms. The summed E-state index contributed by atoms with van der Waals surface area (Å²) in [7, 11) is 1.38. The maximum atomic E-state index is 11.3. The topological polar surface area (TPSA) is 55.0 Å². The molecular weight excluding hydrogens is 228 g/mol. The lowest BCUT2D eigenvalue weighted by Gasteiger charge is -2.04. The van der Waals surface area contributed by atoms with Gasteiger partial charge in [0, 0.05) is 17.7 Å². The van der Waals surface area contributed by atoms with Crippen molar-refractivity contribution in [2.45, 2.75) is 20.3 Å². The highest BCUT2D eigenvalue weighted by molar-refractivity contribution is 5.89. The number of aromatic nitrogens is 2. The Morgan fingerprint density at radius 2 is 1.94 bits per heavy atom. The minimum atomic E-state index is -0.308. The Bertz CT molecular complexity index is 536. The molecular formula is C14H16N2O2. The summed E-state index contributed by atoms with van der Waals surface area (Å²) < 4.78 is 4.67. The Labute approximate surface area is 106 Å². The number of benzene rings is 1. The van der Waals surface area contributed by atoms with E-state index in [4.69, 9.17) is 0 Å². The Balaban J connectivity index is 2.18. The van der Waals surface area contributed by atoms with Crippen LogP contribution in [0.5, 0.6) is 0 Å². The number of H-pyrrole nitrogens is 1. The molecule has 0 aliphatic rings. The van der Waals surface area contributed by atoms with Gasteiger partial charge in [-0.25, -0.2) is 4.79 Å². The van der Waals surface area contributed by atoms with E-state index in [2.05, 4.69) is 14.9 Å². The molecule has 1 heterocycles. The van der Waals surface area contributed by atoms with E-state index in [0.717, 1.165) is 23.4 Å². The van der Waals surface area contributed by atoms with Crippen molar-refractivity contribution in [3.63, 3.8) is 0 Å². The summed E-state index contributed by atoms with van der Waals surface area (Å²) in [5.41, 5.74) is 5.03. The van der Waals surface area contributed by atoms with Gasteiger partial charge in [0.15, 0.2) is 0 Å². The van der Waals surface area contributed by atoms with Crippen molar-refractivity contribution in [2.75, 3.05) is 7.11 Å². The summed E-state index contributed by atoms with van der Waals surface area (Å²) in [5, 5.41) is 7.14. The largest absolute Gasteiger partial charge is 0.465 e. The van der Waals surface area contributed by atoms with E-state index in [-0.39, 0.29) is 5.97 Å². The third-order valence-corrected chi connectivity index (χ3v) is 3.04. The van der Waals surface area contributed by atoms with Crippen LogP contribution >= 0.6 is 0 Å². The third kappa shape index (κ3) is 2.42. The van der Waals surface area contributed by atoms with Gasteiger partial charge in [-0.15, -0.1) is 0 Å². The number of nitrogens with zero attached hydrogens (tertiary/aromatic N) is 1. The lowest BCUT2D eigenvalue weighted by molar-refractivity contribution is 0.0600. The van der Waals surface area contributed by atoms with Crippen molar-refractivity contribution in [1.82, 2.24) is 10.2 Å². The van der Waals surface area contributed by atoms with Crippen molar-refractivity contribution in [3.05, 3.63) is 52.3 Å². The number of aryl methyl sites for hydroxylation is 2. The summed E-state index contributed by atoms with van der Waals surface area (Å²) in [4.78, 5) is 11.3. The molecule has 0 bridgehead atoms. The molecule has 0 fully saturated rings. The molecule has 4 heteroatoms. The zero-order chi connectivity index (χ0) is 13.1. The van der Waals surface area contributed by atoms with E-state index in [1.165, 1.54) is 12.7 Å². The van der Waals surface area contributed by atoms with Crippen LogP contribution in [0.3, 0.4) is 0 Å². The Kier molecular flexibility index (Phi) is 3.46. The highest BCUT2D eigenvalue weighted by atomic mass is 16.5. The molecule has 0 aliphatic carbocycles. The predicted molar refractivity (Wildman–Crippen MR) is 68.6 cm³/mol. The van der Waals surface area contributed by atoms with Gasteiger partial charge in [0.05, 0.1) is 18.4 Å². The number of carbonyl (C=O) groups excluding carboxylic acids is 1. The molecule has 0 aliphatic heterocycles. The van der Waals surface area contributed by atoms with Crippen molar-refractivity contribution in [1.29, 1.82) is 0 Å². The second kappa shape index (κ2) is 5.04. The molecule has 0 saturated carbocycles. The molecule has 1 N–H and O–H groups in total. The second-order valence-corrected chi connectivity index (χ2v) is 4.28. The monoisotopic (exact) mass is 244 g/mol. The fourth-order valence-electron chi connectivity index (χ4n) is 1.92. The fourth-order valence-corrected chi connectivity index (χ4v) is 1.92. The predicted octanol–water partition coefficient (Wildman–Crippen LogP) is 2.40. The fraction of sp³-hybridized carbons (Fsp3) is 0.286. The molecule has 0 unspecified atom stereocenters. The number of rotatable bonds is 3. The van der Waals surface area contributed by atoms with Crippen molar-refractivity contribution < 1.29 is 9.53 Å². The van der Waals surface area contributed by atoms with Crippen LogP contribution in [0, 0.1) is 13.8 Å². The summed E-state index contributed by atoms with van der Waals surface area (Å²) in [6.07, 6.45) is 0.815. The molecule has 1 aromatic heterocycles. The van der Waals surface area contributed by atoms with E-state index in [1.54, 1.807) is 12.1 Å². The number of nitrogens with one attached hydrogen (secondary N) is 1. The standard InChI is InChI=1S/C14H16N2O2/c1-9-13(10(2)16-15-9)8-11-4-6-12(7-5-11)14(17)18-3/h4-7H,8H2,1-3H3,(H,15,16). The normalized spacial score (nSPS) is 10.4. The van der Waals surface area contributed by atoms with Crippen LogP contribution in [0.15, 0.2) is 24.3 Å². The zero-order valence-electron chi connectivity index (χ0n) is 10.8. The van der Waals surface area contributed by atoms with Crippen LogP contribution in [0.1, 0.15) is 32.9 Å². The average molecular weight is 244 g/mol. The first kappa shape index (κ1) is 12.4. The minimum absolute atomic E-state index is 0.308. The number of methoxy groups -OCH3 is 1. The summed E-state index contributed by atoms with van der Waals surface area (Å²) in [6, 6.07) is 7.45. The molecule has 2 aromatic rings. The van der Waals surface area contributed by atoms with Gasteiger partial charge in [-0.2, -0.15) is 5.10 Å². The first-order valence-electron chi connectivity index (χ1n) is 5.79. The quantitative estimate of drug-likeness (QED) is 0.843. The first-order chi connectivity index (χ1) is 8.61. The van der Waals surface area contributed by atoms with E-state index in [9.17, 15) is 4.79 Å². The van der Waals surface area contributed by atoms with Gasteiger partial charge in [0.2, 0.25) is 0 Å². The summed E-state index contributed by atoms with van der Waals surface area (Å²) in [6.45, 7) is 4.00. The molecule has 0 spiro atoms. The van der Waals surface area contributed by atoms with Crippen LogP contribution < -0.4 is 0 Å². The third-order valence-electron chi connectivity index (χ3n) is 3.04. The van der Waals surface area contributed by atoms with Gasteiger partial charge < -0.3 is 4.74 Å². The first-order valence-corrected chi connectivity index (χ1v) is 5.79. The van der Waals surface area contributed by atoms with Gasteiger partial charge in [-0.3, -0.25) is 5.10 Å². The number of hydrogen-bond acceptors (Lipinski definition) is 3. The molecule has 2 rings (SSSR count). The molecule has 4 nitrogen and oxygen atoms in total. The van der Waals surface area contributed by atoms with Gasteiger partial charge in [-0.05, 0) is 31.5 Å². The van der Waals surface area contributed by atoms with Gasteiger partial charge in [0.25, 0.3) is 0 Å². The van der Waals surface area contributed by atoms with Crippen LogP contribution in [0.4, 0.5) is 0 Å². The summed E-state index contributed by atoms with van der Waals surface area (Å²) >= 11 is 0. The Hall–Kier alpha value is -2.10. The van der Waals surface area contributed by atoms with Gasteiger partial charge >= 0.3 is 5.97 Å². The van der Waals surface area contributed by atoms with Crippen molar-refractivity contribution in [3.8, 4) is 0 Å². The lowest BCUT2D eigenvalue weighted by atomic mass is 10.0. The van der Waals surface area contributed by atoms with Crippen LogP contribution in [0.25, 0.3) is 0 Å². The summed E-state index contributed by atoms with van der Waals surface area (Å²) in [5.74, 6) is -0.308. The van der Waals surface area contributed by atoms with Crippen LogP contribution in [-0.4, -0.2) is 23.3 Å². The zero-order valence-corrected chi connectivity index (χ0v) is 10.8. The SMILES string of the molecule is COC(=O)c1ccc(Cc2c(C)n[nH]c2C)cc1. The van der Waals surface area contributed by atoms with Crippen LogP contribution in [-0.2, 0) is 11.2 Å². The molecule has 0 amide bonds. The lowest BCUT2D eigenvalue weighted by Crippen LogP contribution is -2.01. The van der Waals surface area contributed by atoms with Crippen molar-refractivity contribution in [2.24, 2.45) is 0 Å². The second-order valence-electron chi connectivity index (χ2n) is 4.28.